The predicted molar refractivity (Wildman–Crippen MR) is 79.6 cm³/mol. The van der Waals surface area contributed by atoms with Crippen LogP contribution in [0.3, 0.4) is 0 Å². The van der Waals surface area contributed by atoms with E-state index in [1.54, 1.807) is 30.6 Å². The van der Waals surface area contributed by atoms with Gasteiger partial charge < -0.3 is 16.0 Å². The highest BCUT2D eigenvalue weighted by Crippen LogP contribution is 2.22. The van der Waals surface area contributed by atoms with Gasteiger partial charge in [0.25, 0.3) is 5.91 Å². The number of H-pyrrole nitrogens is 1. The molecule has 1 aromatic carbocycles. The van der Waals surface area contributed by atoms with Gasteiger partial charge in [-0.15, -0.1) is 0 Å². The van der Waals surface area contributed by atoms with E-state index in [1.165, 1.54) is 0 Å². The fourth-order valence-corrected chi connectivity index (χ4v) is 2.11. The van der Waals surface area contributed by atoms with E-state index >= 15 is 0 Å². The molecule has 2 aromatic heterocycles. The SMILES string of the molecule is Cc1cnccc1NC(=O)c1cc2cccc(N)c2[nH]1. The van der Waals surface area contributed by atoms with Gasteiger partial charge in [0.1, 0.15) is 5.69 Å². The molecule has 0 aliphatic heterocycles. The van der Waals surface area contributed by atoms with Gasteiger partial charge in [0.15, 0.2) is 0 Å². The number of amides is 1. The molecule has 5 heteroatoms. The van der Waals surface area contributed by atoms with Crippen molar-refractivity contribution in [1.29, 1.82) is 0 Å². The third kappa shape index (κ3) is 2.09. The number of pyridine rings is 1. The molecule has 0 atom stereocenters. The van der Waals surface area contributed by atoms with Crippen molar-refractivity contribution in [3.63, 3.8) is 0 Å². The minimum atomic E-state index is -0.199. The summed E-state index contributed by atoms with van der Waals surface area (Å²) in [5, 5.41) is 3.77. The van der Waals surface area contributed by atoms with Crippen LogP contribution in [0.1, 0.15) is 16.1 Å². The van der Waals surface area contributed by atoms with Crippen molar-refractivity contribution in [2.75, 3.05) is 11.1 Å². The first-order valence-corrected chi connectivity index (χ1v) is 6.24. The van der Waals surface area contributed by atoms with Gasteiger partial charge in [-0.3, -0.25) is 9.78 Å². The topological polar surface area (TPSA) is 83.8 Å². The summed E-state index contributed by atoms with van der Waals surface area (Å²) in [6, 6.07) is 9.13. The van der Waals surface area contributed by atoms with E-state index < -0.39 is 0 Å². The summed E-state index contributed by atoms with van der Waals surface area (Å²) >= 11 is 0. The second-order valence-electron chi connectivity index (χ2n) is 4.64. The lowest BCUT2D eigenvalue weighted by molar-refractivity contribution is 0.102. The second kappa shape index (κ2) is 4.70. The van der Waals surface area contributed by atoms with Gasteiger partial charge in [-0.2, -0.15) is 0 Å². The number of aromatic nitrogens is 2. The van der Waals surface area contributed by atoms with Gasteiger partial charge in [-0.1, -0.05) is 12.1 Å². The number of hydrogen-bond donors (Lipinski definition) is 3. The Morgan fingerprint density at radius 3 is 2.95 bits per heavy atom. The minimum Gasteiger partial charge on any atom is -0.397 e. The van der Waals surface area contributed by atoms with Crippen LogP contribution in [0.4, 0.5) is 11.4 Å². The fraction of sp³-hybridized carbons (Fsp3) is 0.0667. The molecular formula is C15H14N4O. The Labute approximate surface area is 115 Å². The molecule has 0 spiro atoms. The van der Waals surface area contributed by atoms with Crippen LogP contribution < -0.4 is 11.1 Å². The first-order chi connectivity index (χ1) is 9.65. The Kier molecular flexibility index (Phi) is 2.87. The minimum absolute atomic E-state index is 0.199. The summed E-state index contributed by atoms with van der Waals surface area (Å²) < 4.78 is 0. The monoisotopic (exact) mass is 266 g/mol. The predicted octanol–water partition coefficient (Wildman–Crippen LogP) is 2.71. The molecule has 0 aliphatic carbocycles. The van der Waals surface area contributed by atoms with Crippen LogP contribution >= 0.6 is 0 Å². The number of carbonyl (C=O) groups excluding carboxylic acids is 1. The number of nitrogens with one attached hydrogen (secondary N) is 2. The van der Waals surface area contributed by atoms with E-state index in [2.05, 4.69) is 15.3 Å². The molecule has 100 valence electrons. The number of nitrogens with zero attached hydrogens (tertiary/aromatic N) is 1. The summed E-state index contributed by atoms with van der Waals surface area (Å²) in [4.78, 5) is 19.3. The maximum absolute atomic E-state index is 12.2. The maximum Gasteiger partial charge on any atom is 0.272 e. The molecular weight excluding hydrogens is 252 g/mol. The first-order valence-electron chi connectivity index (χ1n) is 6.24. The zero-order valence-corrected chi connectivity index (χ0v) is 11.0. The number of nitrogens with two attached hydrogens (primary N) is 1. The molecule has 0 saturated carbocycles. The second-order valence-corrected chi connectivity index (χ2v) is 4.64. The van der Waals surface area contributed by atoms with Gasteiger partial charge in [-0.05, 0) is 30.7 Å². The van der Waals surface area contributed by atoms with E-state index in [0.717, 1.165) is 22.2 Å². The van der Waals surface area contributed by atoms with Crippen LogP contribution in [0.15, 0.2) is 42.7 Å². The highest BCUT2D eigenvalue weighted by Gasteiger charge is 2.11. The molecule has 0 unspecified atom stereocenters. The van der Waals surface area contributed by atoms with Gasteiger partial charge >= 0.3 is 0 Å². The normalized spacial score (nSPS) is 10.7. The van der Waals surface area contributed by atoms with Crippen molar-refractivity contribution in [3.05, 3.63) is 54.0 Å². The van der Waals surface area contributed by atoms with Crippen molar-refractivity contribution in [2.24, 2.45) is 0 Å². The first kappa shape index (κ1) is 12.2. The molecule has 2 heterocycles. The Bertz CT molecular complexity index is 791. The summed E-state index contributed by atoms with van der Waals surface area (Å²) in [7, 11) is 0. The fourth-order valence-electron chi connectivity index (χ4n) is 2.11. The smallest absolute Gasteiger partial charge is 0.272 e. The standard InChI is InChI=1S/C15H14N4O/c1-9-8-17-6-5-12(9)19-15(20)13-7-10-3-2-4-11(16)14(10)18-13/h2-8,18H,16H2,1H3,(H,17,19,20). The van der Waals surface area contributed by atoms with Crippen molar-refractivity contribution in [2.45, 2.75) is 6.92 Å². The van der Waals surface area contributed by atoms with E-state index in [0.29, 0.717) is 11.4 Å². The number of benzene rings is 1. The number of para-hydroxylation sites is 1. The van der Waals surface area contributed by atoms with Crippen LogP contribution in [0, 0.1) is 6.92 Å². The highest BCUT2D eigenvalue weighted by atomic mass is 16.1. The zero-order chi connectivity index (χ0) is 14.1. The lowest BCUT2D eigenvalue weighted by Gasteiger charge is -2.06. The van der Waals surface area contributed by atoms with Crippen molar-refractivity contribution < 1.29 is 4.79 Å². The highest BCUT2D eigenvalue weighted by molar-refractivity contribution is 6.07. The molecule has 3 aromatic rings. The van der Waals surface area contributed by atoms with Crippen molar-refractivity contribution in [1.82, 2.24) is 9.97 Å². The molecule has 3 rings (SSSR count). The summed E-state index contributed by atoms with van der Waals surface area (Å²) in [6.45, 7) is 1.89. The Morgan fingerprint density at radius 2 is 2.20 bits per heavy atom. The van der Waals surface area contributed by atoms with Crippen LogP contribution in [0.2, 0.25) is 0 Å². The number of anilines is 2. The van der Waals surface area contributed by atoms with Crippen LogP contribution in [-0.4, -0.2) is 15.9 Å². The molecule has 0 bridgehead atoms. The quantitative estimate of drug-likeness (QED) is 0.623. The lowest BCUT2D eigenvalue weighted by atomic mass is 10.2. The molecule has 0 radical (unpaired) electrons. The number of fused-ring (bicyclic) bond motifs is 1. The van der Waals surface area contributed by atoms with Gasteiger partial charge in [0.2, 0.25) is 0 Å². The number of rotatable bonds is 2. The number of hydrogen-bond acceptors (Lipinski definition) is 3. The molecule has 1 amide bonds. The van der Waals surface area contributed by atoms with E-state index in [1.807, 2.05) is 19.1 Å². The van der Waals surface area contributed by atoms with E-state index in [9.17, 15) is 4.79 Å². The Morgan fingerprint density at radius 1 is 1.35 bits per heavy atom. The van der Waals surface area contributed by atoms with Crippen molar-refractivity contribution in [3.8, 4) is 0 Å². The van der Waals surface area contributed by atoms with Crippen LogP contribution in [0.5, 0.6) is 0 Å². The van der Waals surface area contributed by atoms with Gasteiger partial charge in [-0.25, -0.2) is 0 Å². The molecule has 0 saturated heterocycles. The average Bonchev–Trinajstić information content (AvgIpc) is 2.87. The van der Waals surface area contributed by atoms with Crippen LogP contribution in [0.25, 0.3) is 10.9 Å². The molecule has 20 heavy (non-hydrogen) atoms. The molecule has 0 fully saturated rings. The van der Waals surface area contributed by atoms with Gasteiger partial charge in [0.05, 0.1) is 11.2 Å². The average molecular weight is 266 g/mol. The zero-order valence-electron chi connectivity index (χ0n) is 11.0. The summed E-state index contributed by atoms with van der Waals surface area (Å²) in [5.41, 5.74) is 9.42. The number of aryl methyl sites for hydroxylation is 1. The number of carbonyl (C=O) groups is 1. The molecule has 0 aliphatic rings. The molecule has 5 nitrogen and oxygen atoms in total. The van der Waals surface area contributed by atoms with E-state index in [4.69, 9.17) is 5.73 Å². The van der Waals surface area contributed by atoms with Gasteiger partial charge in [0, 0.05) is 23.5 Å². The summed E-state index contributed by atoms with van der Waals surface area (Å²) in [6.07, 6.45) is 3.35. The van der Waals surface area contributed by atoms with Crippen molar-refractivity contribution >= 4 is 28.2 Å². The Balaban J connectivity index is 1.93. The Hall–Kier alpha value is -2.82. The van der Waals surface area contributed by atoms with Crippen LogP contribution in [-0.2, 0) is 0 Å². The largest absolute Gasteiger partial charge is 0.397 e. The third-order valence-electron chi connectivity index (χ3n) is 3.20. The summed E-state index contributed by atoms with van der Waals surface area (Å²) in [5.74, 6) is -0.199. The number of aromatic amines is 1. The molecule has 4 N–H and O–H groups in total. The van der Waals surface area contributed by atoms with E-state index in [-0.39, 0.29) is 5.91 Å². The third-order valence-corrected chi connectivity index (χ3v) is 3.20. The number of nitrogen functional groups attached to an aromatic ring is 1. The maximum atomic E-state index is 12.2. The lowest BCUT2D eigenvalue weighted by Crippen LogP contribution is -2.13.